The van der Waals surface area contributed by atoms with E-state index in [0.29, 0.717) is 54.9 Å². The van der Waals surface area contributed by atoms with Crippen LogP contribution in [0.1, 0.15) is 26.2 Å². The maximum atomic E-state index is 12.2. The highest BCUT2D eigenvalue weighted by molar-refractivity contribution is 7.87. The summed E-state index contributed by atoms with van der Waals surface area (Å²) in [7, 11) is -1.59. The van der Waals surface area contributed by atoms with Crippen LogP contribution in [0.5, 0.6) is 0 Å². The molecule has 0 aromatic carbocycles. The van der Waals surface area contributed by atoms with Gasteiger partial charge in [0.15, 0.2) is 17.0 Å². The van der Waals surface area contributed by atoms with Gasteiger partial charge in [0.25, 0.3) is 10.2 Å². The van der Waals surface area contributed by atoms with Crippen molar-refractivity contribution in [2.24, 2.45) is 13.0 Å². The summed E-state index contributed by atoms with van der Waals surface area (Å²) in [6, 6.07) is -0.144. The molecule has 12 heteroatoms. The van der Waals surface area contributed by atoms with Crippen molar-refractivity contribution in [2.45, 2.75) is 38.3 Å². The monoisotopic (exact) mass is 424 g/mol. The molecule has 2 fully saturated rings. The van der Waals surface area contributed by atoms with E-state index in [2.05, 4.69) is 30.3 Å². The lowest BCUT2D eigenvalue weighted by Gasteiger charge is -2.19. The first kappa shape index (κ1) is 20.3. The normalized spacial score (nSPS) is 21.6. The summed E-state index contributed by atoms with van der Waals surface area (Å²) in [5, 5.41) is 16.3. The Kier molecular flexibility index (Phi) is 5.60. The number of hydrogen-bond donors (Lipinski definition) is 4. The second kappa shape index (κ2) is 8.01. The number of aliphatic hydroxyl groups excluding tert-OH is 1. The number of nitrogens with one attached hydrogen (secondary N) is 3. The van der Waals surface area contributed by atoms with E-state index in [4.69, 9.17) is 0 Å². The summed E-state index contributed by atoms with van der Waals surface area (Å²) < 4.78 is 30.3. The van der Waals surface area contributed by atoms with E-state index in [1.165, 1.54) is 4.31 Å². The molecule has 0 amide bonds. The third-order valence-electron chi connectivity index (χ3n) is 5.42. The zero-order valence-electron chi connectivity index (χ0n) is 16.7. The number of aliphatic hydroxyl groups is 1. The Hall–Kier alpha value is -2.02. The van der Waals surface area contributed by atoms with Gasteiger partial charge in [-0.1, -0.05) is 6.92 Å². The first-order valence-corrected chi connectivity index (χ1v) is 11.4. The fraction of sp³-hybridized carbons (Fsp3) is 0.706. The third-order valence-corrected chi connectivity index (χ3v) is 7.09. The maximum absolute atomic E-state index is 12.2. The van der Waals surface area contributed by atoms with E-state index in [-0.39, 0.29) is 18.7 Å². The molecule has 2 aromatic rings. The Morgan fingerprint density at radius 3 is 2.79 bits per heavy atom. The molecule has 2 aliphatic rings. The lowest BCUT2D eigenvalue weighted by Crippen LogP contribution is -2.40. The number of aromatic nitrogens is 4. The van der Waals surface area contributed by atoms with E-state index in [9.17, 15) is 13.5 Å². The van der Waals surface area contributed by atoms with Gasteiger partial charge in [0.05, 0.1) is 19.0 Å². The number of nitrogens with zero attached hydrogens (tertiary/aromatic N) is 5. The number of anilines is 2. The van der Waals surface area contributed by atoms with Crippen LogP contribution in [0.4, 0.5) is 11.8 Å². The van der Waals surface area contributed by atoms with Crippen LogP contribution in [0.2, 0.25) is 0 Å². The fourth-order valence-electron chi connectivity index (χ4n) is 3.68. The molecule has 1 aliphatic heterocycles. The molecular formula is C17H28N8O3S. The molecule has 1 saturated carbocycles. The number of rotatable bonds is 9. The van der Waals surface area contributed by atoms with Crippen LogP contribution in [0.25, 0.3) is 11.2 Å². The molecule has 29 heavy (non-hydrogen) atoms. The molecule has 0 unspecified atom stereocenters. The van der Waals surface area contributed by atoms with Crippen LogP contribution in [0, 0.1) is 5.92 Å². The average Bonchev–Trinajstić information content (AvgIpc) is 3.30. The fourth-order valence-corrected chi connectivity index (χ4v) is 4.95. The van der Waals surface area contributed by atoms with Crippen molar-refractivity contribution in [1.82, 2.24) is 28.5 Å². The summed E-state index contributed by atoms with van der Waals surface area (Å²) in [5.74, 6) is 1.45. The van der Waals surface area contributed by atoms with Gasteiger partial charge in [0, 0.05) is 32.7 Å². The van der Waals surface area contributed by atoms with Gasteiger partial charge in [0.1, 0.15) is 0 Å². The Morgan fingerprint density at radius 1 is 1.31 bits per heavy atom. The Labute approximate surface area is 170 Å². The van der Waals surface area contributed by atoms with Gasteiger partial charge >= 0.3 is 0 Å². The number of fused-ring (bicyclic) bond motifs is 1. The van der Waals surface area contributed by atoms with Gasteiger partial charge in [-0.05, 0) is 25.2 Å². The molecule has 0 spiro atoms. The Morgan fingerprint density at radius 2 is 2.10 bits per heavy atom. The van der Waals surface area contributed by atoms with Crippen molar-refractivity contribution >= 4 is 33.1 Å². The van der Waals surface area contributed by atoms with Crippen molar-refractivity contribution in [2.75, 3.05) is 36.9 Å². The molecule has 1 aliphatic carbocycles. The van der Waals surface area contributed by atoms with E-state index in [1.807, 2.05) is 11.6 Å². The summed E-state index contributed by atoms with van der Waals surface area (Å²) in [4.78, 5) is 13.6. The second-order valence-electron chi connectivity index (χ2n) is 7.69. The summed E-state index contributed by atoms with van der Waals surface area (Å²) >= 11 is 0. The van der Waals surface area contributed by atoms with Gasteiger partial charge in [-0.25, -0.2) is 9.71 Å². The van der Waals surface area contributed by atoms with Crippen molar-refractivity contribution in [3.8, 4) is 0 Å². The van der Waals surface area contributed by atoms with Crippen LogP contribution in [0.15, 0.2) is 6.33 Å². The molecule has 2 atom stereocenters. The highest BCUT2D eigenvalue weighted by Crippen LogP contribution is 2.34. The predicted octanol–water partition coefficient (Wildman–Crippen LogP) is -0.113. The van der Waals surface area contributed by atoms with Crippen molar-refractivity contribution in [3.05, 3.63) is 6.33 Å². The number of imidazole rings is 1. The van der Waals surface area contributed by atoms with Crippen LogP contribution in [-0.4, -0.2) is 75.7 Å². The van der Waals surface area contributed by atoms with Crippen LogP contribution < -0.4 is 15.4 Å². The first-order valence-electron chi connectivity index (χ1n) is 9.99. The smallest absolute Gasteiger partial charge is 0.279 e. The quantitative estimate of drug-likeness (QED) is 0.437. The van der Waals surface area contributed by atoms with Gasteiger partial charge < -0.3 is 20.3 Å². The molecule has 160 valence electrons. The van der Waals surface area contributed by atoms with E-state index in [0.717, 1.165) is 12.8 Å². The van der Waals surface area contributed by atoms with Gasteiger partial charge in [-0.2, -0.15) is 22.7 Å². The highest BCUT2D eigenvalue weighted by Gasteiger charge is 2.33. The molecule has 1 saturated heterocycles. The summed E-state index contributed by atoms with van der Waals surface area (Å²) in [5.41, 5.74) is 1.31. The Balaban J connectivity index is 1.55. The minimum atomic E-state index is -3.45. The van der Waals surface area contributed by atoms with E-state index >= 15 is 0 Å². The molecule has 4 N–H and O–H groups in total. The zero-order valence-corrected chi connectivity index (χ0v) is 17.5. The molecule has 0 radical (unpaired) electrons. The Bertz CT molecular complexity index is 974. The second-order valence-corrected chi connectivity index (χ2v) is 9.44. The highest BCUT2D eigenvalue weighted by atomic mass is 32.2. The first-order chi connectivity index (χ1) is 13.9. The SMILES string of the molecule is CCNS(=O)(=O)N1CC[C@H](Nc2nc(N[C@@H](CO)C3CC3)nc3c2ncn3C)C1. The van der Waals surface area contributed by atoms with Gasteiger partial charge in [-0.3, -0.25) is 0 Å². The summed E-state index contributed by atoms with van der Waals surface area (Å²) in [6.45, 7) is 2.96. The molecule has 11 nitrogen and oxygen atoms in total. The van der Waals surface area contributed by atoms with E-state index in [1.54, 1.807) is 13.3 Å². The lowest BCUT2D eigenvalue weighted by molar-refractivity contribution is 0.263. The van der Waals surface area contributed by atoms with E-state index < -0.39 is 10.2 Å². The number of aryl methyl sites for hydroxylation is 1. The van der Waals surface area contributed by atoms with Crippen molar-refractivity contribution in [1.29, 1.82) is 0 Å². The molecular weight excluding hydrogens is 396 g/mol. The minimum absolute atomic E-state index is 0.0279. The molecule has 3 heterocycles. The van der Waals surface area contributed by atoms with Crippen LogP contribution in [0.3, 0.4) is 0 Å². The van der Waals surface area contributed by atoms with Crippen LogP contribution in [-0.2, 0) is 17.3 Å². The minimum Gasteiger partial charge on any atom is -0.394 e. The topological polar surface area (TPSA) is 137 Å². The molecule has 0 bridgehead atoms. The lowest BCUT2D eigenvalue weighted by atomic mass is 10.2. The third kappa shape index (κ3) is 4.29. The molecule has 2 aromatic heterocycles. The summed E-state index contributed by atoms with van der Waals surface area (Å²) in [6.07, 6.45) is 4.54. The standard InChI is InChI=1S/C17H28N8O3S/c1-3-19-29(27,28)25-7-6-12(8-25)20-15-14-16(24(2)10-18-14)23-17(22-15)21-13(9-26)11-4-5-11/h10-13,19,26H,3-9H2,1-2H3,(H2,20,21,22,23)/t12-,13-/m0/s1. The largest absolute Gasteiger partial charge is 0.394 e. The molecule has 4 rings (SSSR count). The van der Waals surface area contributed by atoms with Gasteiger partial charge in [0.2, 0.25) is 5.95 Å². The van der Waals surface area contributed by atoms with Gasteiger partial charge in [-0.15, -0.1) is 0 Å². The van der Waals surface area contributed by atoms with Crippen molar-refractivity contribution < 1.29 is 13.5 Å². The number of hydrogen-bond acceptors (Lipinski definition) is 8. The average molecular weight is 425 g/mol. The predicted molar refractivity (Wildman–Crippen MR) is 110 cm³/mol. The maximum Gasteiger partial charge on any atom is 0.279 e. The van der Waals surface area contributed by atoms with Crippen molar-refractivity contribution in [3.63, 3.8) is 0 Å². The zero-order chi connectivity index (χ0) is 20.6. The van der Waals surface area contributed by atoms with Crippen LogP contribution >= 0.6 is 0 Å².